The third-order valence-corrected chi connectivity index (χ3v) is 6.86. The first-order valence-electron chi connectivity index (χ1n) is 10.4. The van der Waals surface area contributed by atoms with Crippen LogP contribution in [0.2, 0.25) is 0 Å². The van der Waals surface area contributed by atoms with E-state index < -0.39 is 34.2 Å². The summed E-state index contributed by atoms with van der Waals surface area (Å²) in [6, 6.07) is 0. The molecule has 0 aromatic heterocycles. The van der Waals surface area contributed by atoms with Crippen LogP contribution in [0.25, 0.3) is 0 Å². The molecule has 0 aromatic carbocycles. The van der Waals surface area contributed by atoms with Crippen LogP contribution in [0, 0.1) is 16.2 Å². The summed E-state index contributed by atoms with van der Waals surface area (Å²) < 4.78 is 0. The molecule has 0 heterocycles. The van der Waals surface area contributed by atoms with Crippen LogP contribution < -0.4 is 0 Å². The highest BCUT2D eigenvalue weighted by Crippen LogP contribution is 2.66. The van der Waals surface area contributed by atoms with E-state index >= 15 is 0 Å². The van der Waals surface area contributed by atoms with Gasteiger partial charge in [0.1, 0.15) is 5.41 Å². The Bertz CT molecular complexity index is 519. The van der Waals surface area contributed by atoms with Crippen LogP contribution in [0.5, 0.6) is 0 Å². The molecule has 1 rings (SSSR count). The molecule has 6 nitrogen and oxygen atoms in total. The number of unbranched alkanes of at least 4 members (excludes halogenated alkanes) is 3. The lowest BCUT2D eigenvalue weighted by Gasteiger charge is -2.58. The predicted molar refractivity (Wildman–Crippen MR) is 103 cm³/mol. The van der Waals surface area contributed by atoms with Gasteiger partial charge in [-0.15, -0.1) is 0 Å². The third kappa shape index (κ3) is 3.72. The molecule has 1 unspecified atom stereocenters. The molecule has 1 aliphatic carbocycles. The molecule has 0 aromatic rings. The van der Waals surface area contributed by atoms with Crippen molar-refractivity contribution in [1.82, 2.24) is 0 Å². The van der Waals surface area contributed by atoms with E-state index in [1.807, 2.05) is 20.8 Å². The van der Waals surface area contributed by atoms with E-state index in [4.69, 9.17) is 0 Å². The zero-order chi connectivity index (χ0) is 20.7. The van der Waals surface area contributed by atoms with E-state index in [0.29, 0.717) is 38.5 Å². The van der Waals surface area contributed by atoms with Gasteiger partial charge in [-0.1, -0.05) is 65.7 Å². The summed E-state index contributed by atoms with van der Waals surface area (Å²) in [4.78, 5) is 37.6. The third-order valence-electron chi connectivity index (χ3n) is 6.86. The first-order chi connectivity index (χ1) is 12.7. The van der Waals surface area contributed by atoms with E-state index in [2.05, 4.69) is 0 Å². The van der Waals surface area contributed by atoms with Crippen LogP contribution in [0.4, 0.5) is 0 Å². The van der Waals surface area contributed by atoms with Crippen molar-refractivity contribution in [1.29, 1.82) is 0 Å². The van der Waals surface area contributed by atoms with Gasteiger partial charge in [-0.3, -0.25) is 14.4 Å². The van der Waals surface area contributed by atoms with Crippen LogP contribution in [0.15, 0.2) is 0 Å². The van der Waals surface area contributed by atoms with E-state index in [1.54, 1.807) is 0 Å². The molecule has 1 saturated carbocycles. The second-order valence-corrected chi connectivity index (χ2v) is 8.17. The zero-order valence-corrected chi connectivity index (χ0v) is 17.1. The first-order valence-corrected chi connectivity index (χ1v) is 10.4. The Labute approximate surface area is 162 Å². The number of carboxylic acids is 3. The minimum atomic E-state index is -2.27. The van der Waals surface area contributed by atoms with Gasteiger partial charge in [-0.25, -0.2) is 0 Å². The van der Waals surface area contributed by atoms with E-state index in [-0.39, 0.29) is 12.8 Å². The number of hydrogen-bond acceptors (Lipinski definition) is 3. The van der Waals surface area contributed by atoms with Gasteiger partial charge >= 0.3 is 17.9 Å². The second kappa shape index (κ2) is 9.56. The topological polar surface area (TPSA) is 112 Å². The molecule has 27 heavy (non-hydrogen) atoms. The summed E-state index contributed by atoms with van der Waals surface area (Å²) in [5, 5.41) is 30.6. The van der Waals surface area contributed by atoms with Gasteiger partial charge in [0.05, 0.1) is 0 Å². The van der Waals surface area contributed by atoms with Crippen molar-refractivity contribution in [2.24, 2.45) is 16.2 Å². The maximum Gasteiger partial charge on any atom is 0.322 e. The van der Waals surface area contributed by atoms with E-state index in [9.17, 15) is 29.7 Å². The average Bonchev–Trinajstić information content (AvgIpc) is 2.62. The lowest BCUT2D eigenvalue weighted by atomic mass is 9.41. The lowest BCUT2D eigenvalue weighted by molar-refractivity contribution is -0.214. The van der Waals surface area contributed by atoms with Crippen molar-refractivity contribution in [3.8, 4) is 0 Å². The number of carboxylic acid groups (broad SMARTS) is 3. The fourth-order valence-electron chi connectivity index (χ4n) is 5.51. The maximum atomic E-state index is 12.8. The quantitative estimate of drug-likeness (QED) is 0.410. The van der Waals surface area contributed by atoms with Crippen molar-refractivity contribution >= 4 is 17.9 Å². The SMILES string of the molecule is CCCCC1(CCCC)CCCC(C(=O)O)(C(=O)O)C1(CCCC)C(=O)O. The minimum absolute atomic E-state index is 0.102. The van der Waals surface area contributed by atoms with Crippen LogP contribution in [0.3, 0.4) is 0 Å². The molecular weight excluding hydrogens is 348 g/mol. The molecule has 156 valence electrons. The Morgan fingerprint density at radius 2 is 1.15 bits per heavy atom. The molecule has 3 N–H and O–H groups in total. The molecule has 0 spiro atoms. The van der Waals surface area contributed by atoms with Crippen LogP contribution in [-0.4, -0.2) is 33.2 Å². The highest BCUT2D eigenvalue weighted by molar-refractivity contribution is 6.04. The predicted octanol–water partition coefficient (Wildman–Crippen LogP) is 4.95. The summed E-state index contributed by atoms with van der Waals surface area (Å²) in [5.74, 6) is -4.23. The number of carbonyl (C=O) groups is 3. The maximum absolute atomic E-state index is 12.8. The number of aliphatic carboxylic acids is 3. The molecule has 0 radical (unpaired) electrons. The van der Waals surface area contributed by atoms with Gasteiger partial charge in [0.15, 0.2) is 5.41 Å². The molecular formula is C21H36O6. The Hall–Kier alpha value is -1.59. The Morgan fingerprint density at radius 1 is 0.704 bits per heavy atom. The Kier molecular flexibility index (Phi) is 8.30. The molecule has 0 amide bonds. The smallest absolute Gasteiger partial charge is 0.322 e. The van der Waals surface area contributed by atoms with Crippen LogP contribution >= 0.6 is 0 Å². The monoisotopic (exact) mass is 384 g/mol. The van der Waals surface area contributed by atoms with Gasteiger partial charge in [-0.2, -0.15) is 0 Å². The number of hydrogen-bond donors (Lipinski definition) is 3. The van der Waals surface area contributed by atoms with Crippen molar-refractivity contribution in [3.63, 3.8) is 0 Å². The second-order valence-electron chi connectivity index (χ2n) is 8.17. The van der Waals surface area contributed by atoms with E-state index in [1.165, 1.54) is 0 Å². The summed E-state index contributed by atoms with van der Waals surface area (Å²) in [6.45, 7) is 5.96. The number of rotatable bonds is 12. The normalized spacial score (nSPS) is 23.7. The molecule has 0 aliphatic heterocycles. The van der Waals surface area contributed by atoms with Gasteiger partial charge in [-0.05, 0) is 37.5 Å². The minimum Gasteiger partial charge on any atom is -0.481 e. The van der Waals surface area contributed by atoms with Crippen LogP contribution in [-0.2, 0) is 14.4 Å². The summed E-state index contributed by atoms with van der Waals surface area (Å²) in [6.07, 6.45) is 6.65. The summed E-state index contributed by atoms with van der Waals surface area (Å²) >= 11 is 0. The zero-order valence-electron chi connectivity index (χ0n) is 17.1. The highest BCUT2D eigenvalue weighted by Gasteiger charge is 2.74. The van der Waals surface area contributed by atoms with Gasteiger partial charge < -0.3 is 15.3 Å². The molecule has 6 heteroatoms. The van der Waals surface area contributed by atoms with Gasteiger partial charge in [0.2, 0.25) is 0 Å². The summed E-state index contributed by atoms with van der Waals surface area (Å²) in [5.41, 5.74) is -4.85. The highest BCUT2D eigenvalue weighted by atomic mass is 16.4. The lowest BCUT2D eigenvalue weighted by Crippen LogP contribution is -2.66. The first kappa shape index (κ1) is 23.4. The average molecular weight is 385 g/mol. The van der Waals surface area contributed by atoms with Crippen molar-refractivity contribution < 1.29 is 29.7 Å². The summed E-state index contributed by atoms with van der Waals surface area (Å²) in [7, 11) is 0. The molecule has 0 bridgehead atoms. The van der Waals surface area contributed by atoms with Crippen molar-refractivity contribution in [2.45, 2.75) is 97.8 Å². The fraction of sp³-hybridized carbons (Fsp3) is 0.857. The Morgan fingerprint density at radius 3 is 1.52 bits per heavy atom. The molecule has 1 aliphatic rings. The van der Waals surface area contributed by atoms with Crippen molar-refractivity contribution in [3.05, 3.63) is 0 Å². The van der Waals surface area contributed by atoms with Gasteiger partial charge in [0, 0.05) is 0 Å². The molecule has 1 atom stereocenters. The van der Waals surface area contributed by atoms with Crippen molar-refractivity contribution in [2.75, 3.05) is 0 Å². The fourth-order valence-corrected chi connectivity index (χ4v) is 5.51. The Balaban J connectivity index is 3.81. The molecule has 1 fully saturated rings. The molecule has 0 saturated heterocycles. The van der Waals surface area contributed by atoms with E-state index in [0.717, 1.165) is 25.7 Å². The standard InChI is InChI=1S/C21H36O6/c1-4-7-11-19(12-8-5-2)13-10-14-20(16(22)23,17(24)25)21(19,18(26)27)15-9-6-3/h4-15H2,1-3H3,(H,22,23)(H,24,25)(H,26,27). The largest absolute Gasteiger partial charge is 0.481 e. The van der Waals surface area contributed by atoms with Gasteiger partial charge in [0.25, 0.3) is 0 Å². The van der Waals surface area contributed by atoms with Crippen LogP contribution in [0.1, 0.15) is 97.8 Å².